The van der Waals surface area contributed by atoms with Crippen LogP contribution in [0.5, 0.6) is 5.75 Å². The number of Topliss-reactive ketones (excluding diaryl/α,β-unsaturated/α-hetero) is 1. The van der Waals surface area contributed by atoms with Crippen molar-refractivity contribution in [2.24, 2.45) is 0 Å². The number of aryl methyl sites for hydroxylation is 1. The number of carbonyl (C=O) groups is 2. The molecule has 1 aromatic heterocycles. The molecule has 0 radical (unpaired) electrons. The zero-order chi connectivity index (χ0) is 27.7. The SMILES string of the molecule is Cc1cccc(COc2ccc(/C(O)=C3\C(=O)C(=O)N(c4nccs4)[C@H]3c3ccc(C(C)(C)C)cc3)cc2)c1. The molecule has 0 bridgehead atoms. The number of anilines is 1. The number of nitrogens with zero attached hydrogens (tertiary/aromatic N) is 2. The lowest BCUT2D eigenvalue weighted by molar-refractivity contribution is -0.132. The number of aliphatic hydroxyl groups excluding tert-OH is 1. The molecular formula is C32H30N2O4S. The van der Waals surface area contributed by atoms with Crippen molar-refractivity contribution >= 4 is 33.9 Å². The molecule has 1 aliphatic rings. The summed E-state index contributed by atoms with van der Waals surface area (Å²) in [6.07, 6.45) is 1.59. The number of aromatic nitrogens is 1. The molecule has 1 N–H and O–H groups in total. The number of thiazole rings is 1. The average molecular weight is 539 g/mol. The van der Waals surface area contributed by atoms with Crippen LogP contribution in [-0.4, -0.2) is 21.8 Å². The third-order valence-corrected chi connectivity index (χ3v) is 7.55. The van der Waals surface area contributed by atoms with E-state index < -0.39 is 17.7 Å². The number of ether oxygens (including phenoxy) is 1. The van der Waals surface area contributed by atoms with Gasteiger partial charge in [0.1, 0.15) is 18.1 Å². The van der Waals surface area contributed by atoms with Crippen LogP contribution in [0, 0.1) is 6.92 Å². The van der Waals surface area contributed by atoms with Gasteiger partial charge in [0.2, 0.25) is 0 Å². The second-order valence-electron chi connectivity index (χ2n) is 10.7. The summed E-state index contributed by atoms with van der Waals surface area (Å²) in [6.45, 7) is 8.82. The van der Waals surface area contributed by atoms with Crippen LogP contribution in [0.25, 0.3) is 5.76 Å². The van der Waals surface area contributed by atoms with Crippen LogP contribution >= 0.6 is 11.3 Å². The Hall–Kier alpha value is -4.23. The lowest BCUT2D eigenvalue weighted by Gasteiger charge is -2.24. The highest BCUT2D eigenvalue weighted by Gasteiger charge is 2.48. The maximum absolute atomic E-state index is 13.3. The molecule has 4 aromatic rings. The van der Waals surface area contributed by atoms with Crippen LogP contribution in [0.4, 0.5) is 5.13 Å². The summed E-state index contributed by atoms with van der Waals surface area (Å²) in [5.74, 6) is -1.06. The molecule has 39 heavy (non-hydrogen) atoms. The van der Waals surface area contributed by atoms with E-state index >= 15 is 0 Å². The molecule has 2 heterocycles. The quantitative estimate of drug-likeness (QED) is 0.163. The van der Waals surface area contributed by atoms with Crippen molar-refractivity contribution in [2.75, 3.05) is 4.90 Å². The number of amides is 1. The topological polar surface area (TPSA) is 79.7 Å². The largest absolute Gasteiger partial charge is 0.507 e. The normalized spacial score (nSPS) is 17.0. The van der Waals surface area contributed by atoms with Gasteiger partial charge in [-0.2, -0.15) is 0 Å². The van der Waals surface area contributed by atoms with Crippen molar-refractivity contribution in [3.63, 3.8) is 0 Å². The van der Waals surface area contributed by atoms with Crippen LogP contribution < -0.4 is 9.64 Å². The van der Waals surface area contributed by atoms with Crippen LogP contribution in [0.1, 0.15) is 54.6 Å². The van der Waals surface area contributed by atoms with Crippen molar-refractivity contribution in [3.05, 3.63) is 118 Å². The monoisotopic (exact) mass is 538 g/mol. The van der Waals surface area contributed by atoms with Crippen LogP contribution in [0.2, 0.25) is 0 Å². The molecule has 6 nitrogen and oxygen atoms in total. The number of carbonyl (C=O) groups excluding carboxylic acids is 2. The maximum atomic E-state index is 13.3. The van der Waals surface area contributed by atoms with Crippen molar-refractivity contribution in [1.29, 1.82) is 0 Å². The molecule has 1 fully saturated rings. The van der Waals surface area contributed by atoms with E-state index in [4.69, 9.17) is 4.74 Å². The third kappa shape index (κ3) is 5.36. The molecular weight excluding hydrogens is 508 g/mol. The Labute approximate surface area is 232 Å². The average Bonchev–Trinajstić information content (AvgIpc) is 3.53. The number of rotatable bonds is 6. The van der Waals surface area contributed by atoms with Gasteiger partial charge in [-0.15, -0.1) is 11.3 Å². The highest BCUT2D eigenvalue weighted by molar-refractivity contribution is 7.14. The van der Waals surface area contributed by atoms with Gasteiger partial charge in [0, 0.05) is 17.1 Å². The van der Waals surface area contributed by atoms with E-state index in [1.54, 1.807) is 35.8 Å². The van der Waals surface area contributed by atoms with E-state index in [1.807, 2.05) is 49.4 Å². The summed E-state index contributed by atoms with van der Waals surface area (Å²) in [5, 5.41) is 13.5. The molecule has 0 saturated carbocycles. The minimum absolute atomic E-state index is 0.0344. The van der Waals surface area contributed by atoms with E-state index in [1.165, 1.54) is 16.2 Å². The first kappa shape index (κ1) is 26.4. The first-order valence-electron chi connectivity index (χ1n) is 12.7. The molecule has 7 heteroatoms. The second-order valence-corrected chi connectivity index (χ2v) is 11.5. The van der Waals surface area contributed by atoms with Gasteiger partial charge >= 0.3 is 5.91 Å². The van der Waals surface area contributed by atoms with Crippen molar-refractivity contribution in [3.8, 4) is 5.75 Å². The van der Waals surface area contributed by atoms with Crippen LogP contribution in [-0.2, 0) is 21.6 Å². The van der Waals surface area contributed by atoms with Crippen molar-refractivity contribution < 1.29 is 19.4 Å². The number of aliphatic hydroxyl groups is 1. The fourth-order valence-electron chi connectivity index (χ4n) is 4.68. The summed E-state index contributed by atoms with van der Waals surface area (Å²) < 4.78 is 5.91. The van der Waals surface area contributed by atoms with E-state index in [2.05, 4.69) is 31.8 Å². The fraction of sp³-hybridized carbons (Fsp3) is 0.219. The van der Waals surface area contributed by atoms with E-state index in [-0.39, 0.29) is 16.7 Å². The summed E-state index contributed by atoms with van der Waals surface area (Å²) in [6, 6.07) is 22.0. The van der Waals surface area contributed by atoms with Crippen LogP contribution in [0.15, 0.2) is 89.9 Å². The van der Waals surface area contributed by atoms with Crippen LogP contribution in [0.3, 0.4) is 0 Å². The first-order chi connectivity index (χ1) is 18.6. The molecule has 0 unspecified atom stereocenters. The molecule has 1 amide bonds. The summed E-state index contributed by atoms with van der Waals surface area (Å²) in [7, 11) is 0. The zero-order valence-corrected chi connectivity index (χ0v) is 23.2. The Morgan fingerprint density at radius 2 is 1.74 bits per heavy atom. The third-order valence-electron chi connectivity index (χ3n) is 6.78. The molecule has 1 atom stereocenters. The Bertz CT molecular complexity index is 1530. The van der Waals surface area contributed by atoms with Gasteiger partial charge in [-0.25, -0.2) is 4.98 Å². The van der Waals surface area contributed by atoms with Gasteiger partial charge in [-0.05, 0) is 53.3 Å². The standard InChI is InChI=1S/C32H30N2O4S/c1-20-6-5-7-21(18-20)19-38-25-14-10-23(11-15-25)28(35)26-27(22-8-12-24(13-9-22)32(2,3)4)34(30(37)29(26)36)31-33-16-17-39-31/h5-18,27,35H,19H2,1-4H3/b28-26+/t27-/m0/s1. The predicted molar refractivity (Wildman–Crippen MR) is 154 cm³/mol. The number of ketones is 1. The molecule has 3 aromatic carbocycles. The van der Waals surface area contributed by atoms with Gasteiger partial charge in [-0.1, -0.05) is 74.9 Å². The Morgan fingerprint density at radius 1 is 1.03 bits per heavy atom. The van der Waals surface area contributed by atoms with Gasteiger partial charge < -0.3 is 9.84 Å². The van der Waals surface area contributed by atoms with Gasteiger partial charge in [0.25, 0.3) is 5.78 Å². The van der Waals surface area contributed by atoms with Gasteiger partial charge in [-0.3, -0.25) is 14.5 Å². The second kappa shape index (κ2) is 10.5. The molecule has 198 valence electrons. The lowest BCUT2D eigenvalue weighted by atomic mass is 9.85. The molecule has 5 rings (SSSR count). The first-order valence-corrected chi connectivity index (χ1v) is 13.6. The summed E-state index contributed by atoms with van der Waals surface area (Å²) in [5.41, 5.74) is 4.46. The van der Waals surface area contributed by atoms with E-state index in [0.29, 0.717) is 23.1 Å². The summed E-state index contributed by atoms with van der Waals surface area (Å²) >= 11 is 1.27. The molecule has 1 aliphatic heterocycles. The molecule has 1 saturated heterocycles. The van der Waals surface area contributed by atoms with Crippen molar-refractivity contribution in [1.82, 2.24) is 4.98 Å². The van der Waals surface area contributed by atoms with Gasteiger partial charge in [0.05, 0.1) is 11.6 Å². The highest BCUT2D eigenvalue weighted by atomic mass is 32.1. The lowest BCUT2D eigenvalue weighted by Crippen LogP contribution is -2.29. The molecule has 0 spiro atoms. The van der Waals surface area contributed by atoms with E-state index in [9.17, 15) is 14.7 Å². The zero-order valence-electron chi connectivity index (χ0n) is 22.3. The van der Waals surface area contributed by atoms with E-state index in [0.717, 1.165) is 22.3 Å². The fourth-order valence-corrected chi connectivity index (χ4v) is 5.35. The van der Waals surface area contributed by atoms with Crippen molar-refractivity contribution in [2.45, 2.75) is 45.8 Å². The highest BCUT2D eigenvalue weighted by Crippen LogP contribution is 2.43. The Morgan fingerprint density at radius 3 is 2.36 bits per heavy atom. The van der Waals surface area contributed by atoms with Gasteiger partial charge in [0.15, 0.2) is 5.13 Å². The Kier molecular flexibility index (Phi) is 7.10. The maximum Gasteiger partial charge on any atom is 0.301 e. The minimum atomic E-state index is -0.803. The molecule has 0 aliphatic carbocycles. The minimum Gasteiger partial charge on any atom is -0.507 e. The summed E-state index contributed by atoms with van der Waals surface area (Å²) in [4.78, 5) is 32.2. The number of benzene rings is 3. The smallest absolute Gasteiger partial charge is 0.301 e. The number of hydrogen-bond donors (Lipinski definition) is 1. The number of hydrogen-bond acceptors (Lipinski definition) is 6. The predicted octanol–water partition coefficient (Wildman–Crippen LogP) is 6.95. The Balaban J connectivity index is 1.50.